The van der Waals surface area contributed by atoms with E-state index in [-0.39, 0.29) is 28.5 Å². The molecule has 0 spiro atoms. The van der Waals surface area contributed by atoms with Crippen LogP contribution in [0.3, 0.4) is 0 Å². The molecule has 1 aliphatic carbocycles. The predicted molar refractivity (Wildman–Crippen MR) is 99.0 cm³/mol. The van der Waals surface area contributed by atoms with Crippen LogP contribution in [0.4, 0.5) is 11.4 Å². The van der Waals surface area contributed by atoms with Gasteiger partial charge in [-0.3, -0.25) is 10.1 Å². The highest BCUT2D eigenvalue weighted by Gasteiger charge is 2.40. The number of benzene rings is 2. The maximum atomic E-state index is 11.2. The monoisotopic (exact) mass is 352 g/mol. The molecule has 0 fully saturated rings. The Morgan fingerprint density at radius 2 is 2.00 bits per heavy atom. The van der Waals surface area contributed by atoms with E-state index in [0.717, 1.165) is 29.0 Å². The van der Waals surface area contributed by atoms with E-state index in [2.05, 4.69) is 17.5 Å². The third-order valence-electron chi connectivity index (χ3n) is 5.33. The van der Waals surface area contributed by atoms with Crippen molar-refractivity contribution in [1.29, 1.82) is 0 Å². The predicted octanol–water partition coefficient (Wildman–Crippen LogP) is 4.44. The maximum absolute atomic E-state index is 11.2. The number of fused-ring (bicyclic) bond motifs is 3. The van der Waals surface area contributed by atoms with Crippen LogP contribution in [-0.4, -0.2) is 19.1 Å². The number of hydrogen-bond donors (Lipinski definition) is 1. The smallest absolute Gasteiger partial charge is 0.269 e. The molecule has 0 amide bonds. The van der Waals surface area contributed by atoms with Crippen LogP contribution in [0.2, 0.25) is 0 Å². The van der Waals surface area contributed by atoms with Crippen molar-refractivity contribution in [2.75, 3.05) is 19.5 Å². The second-order valence-corrected chi connectivity index (χ2v) is 6.59. The zero-order chi connectivity index (χ0) is 18.3. The van der Waals surface area contributed by atoms with Crippen molar-refractivity contribution in [2.45, 2.75) is 18.4 Å². The van der Waals surface area contributed by atoms with E-state index in [1.807, 2.05) is 18.2 Å². The Hall–Kier alpha value is -3.02. The van der Waals surface area contributed by atoms with Crippen molar-refractivity contribution >= 4 is 11.4 Å². The number of methoxy groups -OCH3 is 2. The number of hydrogen-bond acceptors (Lipinski definition) is 5. The minimum atomic E-state index is -0.342. The van der Waals surface area contributed by atoms with Crippen molar-refractivity contribution in [2.24, 2.45) is 5.92 Å². The van der Waals surface area contributed by atoms with E-state index in [1.165, 1.54) is 0 Å². The van der Waals surface area contributed by atoms with Crippen LogP contribution in [0.25, 0.3) is 0 Å². The Morgan fingerprint density at radius 1 is 1.15 bits per heavy atom. The van der Waals surface area contributed by atoms with Gasteiger partial charge in [-0.05, 0) is 30.0 Å². The maximum Gasteiger partial charge on any atom is 0.269 e. The molecule has 0 radical (unpaired) electrons. The van der Waals surface area contributed by atoms with Crippen LogP contribution >= 0.6 is 0 Å². The number of ether oxygens (including phenoxy) is 2. The molecule has 2 aromatic rings. The van der Waals surface area contributed by atoms with E-state index in [9.17, 15) is 10.1 Å². The summed E-state index contributed by atoms with van der Waals surface area (Å²) >= 11 is 0. The van der Waals surface area contributed by atoms with E-state index in [1.54, 1.807) is 32.4 Å². The Bertz CT molecular complexity index is 893. The molecule has 6 heteroatoms. The van der Waals surface area contributed by atoms with Gasteiger partial charge in [-0.25, -0.2) is 0 Å². The molecule has 0 bridgehead atoms. The average Bonchev–Trinajstić information content (AvgIpc) is 3.16. The van der Waals surface area contributed by atoms with Gasteiger partial charge in [-0.2, -0.15) is 0 Å². The van der Waals surface area contributed by atoms with E-state index in [4.69, 9.17) is 9.47 Å². The highest BCUT2D eigenvalue weighted by molar-refractivity contribution is 5.64. The first-order chi connectivity index (χ1) is 12.6. The van der Waals surface area contributed by atoms with Crippen LogP contribution in [-0.2, 0) is 0 Å². The number of para-hydroxylation sites is 1. The van der Waals surface area contributed by atoms with E-state index >= 15 is 0 Å². The lowest BCUT2D eigenvalue weighted by Crippen LogP contribution is -2.29. The molecule has 26 heavy (non-hydrogen) atoms. The number of non-ortho nitro benzene ring substituents is 1. The third-order valence-corrected chi connectivity index (χ3v) is 5.33. The van der Waals surface area contributed by atoms with Gasteiger partial charge in [0.05, 0.1) is 25.2 Å². The van der Waals surface area contributed by atoms with Crippen LogP contribution in [0.1, 0.15) is 29.5 Å². The van der Waals surface area contributed by atoms with Gasteiger partial charge < -0.3 is 14.8 Å². The van der Waals surface area contributed by atoms with Gasteiger partial charge >= 0.3 is 0 Å². The molecule has 6 nitrogen and oxygen atoms in total. The first kappa shape index (κ1) is 16.4. The molecule has 2 aliphatic rings. The molecular weight excluding hydrogens is 332 g/mol. The fraction of sp³-hybridized carbons (Fsp3) is 0.300. The van der Waals surface area contributed by atoms with Crippen molar-refractivity contribution in [3.63, 3.8) is 0 Å². The number of nitro benzene ring substituents is 1. The second-order valence-electron chi connectivity index (χ2n) is 6.59. The van der Waals surface area contributed by atoms with Gasteiger partial charge in [-0.15, -0.1) is 0 Å². The molecule has 2 aromatic carbocycles. The van der Waals surface area contributed by atoms with Gasteiger partial charge in [0.15, 0.2) is 11.5 Å². The van der Waals surface area contributed by atoms with Gasteiger partial charge in [0, 0.05) is 29.3 Å². The summed E-state index contributed by atoms with van der Waals surface area (Å²) in [4.78, 5) is 10.8. The molecule has 1 aliphatic heterocycles. The number of anilines is 1. The summed E-state index contributed by atoms with van der Waals surface area (Å²) in [6.07, 6.45) is 5.23. The lowest BCUT2D eigenvalue weighted by atomic mass is 9.76. The standard InChI is InChI=1S/C20H20N2O4/c1-25-18-8-4-7-15(20(18)26-2)19-14-6-3-5-13(14)16-11-12(22(23)24)9-10-17(16)21-19/h3-5,7-11,13-14,19,21H,6H2,1-2H3/t13-,14-,19-/m0/s1. The van der Waals surface area contributed by atoms with Crippen LogP contribution in [0, 0.1) is 16.0 Å². The minimum Gasteiger partial charge on any atom is -0.493 e. The molecule has 0 aromatic heterocycles. The van der Waals surface area contributed by atoms with Gasteiger partial charge in [0.25, 0.3) is 5.69 Å². The summed E-state index contributed by atoms with van der Waals surface area (Å²) < 4.78 is 11.1. The summed E-state index contributed by atoms with van der Waals surface area (Å²) in [6, 6.07) is 11.0. The van der Waals surface area contributed by atoms with E-state index in [0.29, 0.717) is 5.75 Å². The molecule has 0 saturated heterocycles. The third kappa shape index (κ3) is 2.49. The number of nitrogens with zero attached hydrogens (tertiary/aromatic N) is 1. The molecule has 0 unspecified atom stereocenters. The average molecular weight is 352 g/mol. The van der Waals surface area contributed by atoms with Gasteiger partial charge in [-0.1, -0.05) is 24.3 Å². The van der Waals surface area contributed by atoms with Crippen LogP contribution in [0.15, 0.2) is 48.6 Å². The lowest BCUT2D eigenvalue weighted by molar-refractivity contribution is -0.384. The van der Waals surface area contributed by atoms with Crippen LogP contribution < -0.4 is 14.8 Å². The molecule has 1 heterocycles. The van der Waals surface area contributed by atoms with Crippen molar-refractivity contribution in [3.8, 4) is 11.5 Å². The first-order valence-electron chi connectivity index (χ1n) is 8.56. The second kappa shape index (κ2) is 6.37. The summed E-state index contributed by atoms with van der Waals surface area (Å²) in [6.45, 7) is 0. The molecule has 3 atom stereocenters. The minimum absolute atomic E-state index is 0.0361. The summed E-state index contributed by atoms with van der Waals surface area (Å²) in [7, 11) is 3.27. The number of rotatable bonds is 4. The number of nitrogens with one attached hydrogen (secondary N) is 1. The molecule has 1 N–H and O–H groups in total. The highest BCUT2D eigenvalue weighted by atomic mass is 16.6. The Labute approximate surface area is 151 Å². The summed E-state index contributed by atoms with van der Waals surface area (Å²) in [5, 5.41) is 14.7. The number of nitro groups is 1. The lowest BCUT2D eigenvalue weighted by Gasteiger charge is -2.38. The summed E-state index contributed by atoms with van der Waals surface area (Å²) in [5.74, 6) is 1.84. The molecule has 4 rings (SSSR count). The quantitative estimate of drug-likeness (QED) is 0.500. The Morgan fingerprint density at radius 3 is 2.73 bits per heavy atom. The van der Waals surface area contributed by atoms with E-state index < -0.39 is 0 Å². The normalized spacial score (nSPS) is 22.9. The van der Waals surface area contributed by atoms with Crippen molar-refractivity contribution < 1.29 is 14.4 Å². The fourth-order valence-corrected chi connectivity index (χ4v) is 4.16. The molecule has 0 saturated carbocycles. The van der Waals surface area contributed by atoms with Crippen LogP contribution in [0.5, 0.6) is 11.5 Å². The van der Waals surface area contributed by atoms with Gasteiger partial charge in [0.2, 0.25) is 0 Å². The molecule has 134 valence electrons. The molecular formula is C20H20N2O4. The zero-order valence-electron chi connectivity index (χ0n) is 14.6. The zero-order valence-corrected chi connectivity index (χ0v) is 14.6. The Kier molecular flexibility index (Phi) is 4.03. The van der Waals surface area contributed by atoms with Crippen molar-refractivity contribution in [1.82, 2.24) is 0 Å². The fourth-order valence-electron chi connectivity index (χ4n) is 4.16. The first-order valence-corrected chi connectivity index (χ1v) is 8.56. The SMILES string of the molecule is COc1cccc([C@H]2Nc3ccc([N+](=O)[O-])cc3[C@H]3C=CC[C@@H]32)c1OC. The highest BCUT2D eigenvalue weighted by Crippen LogP contribution is 2.52. The Balaban J connectivity index is 1.81. The number of allylic oxidation sites excluding steroid dienone is 2. The largest absolute Gasteiger partial charge is 0.493 e. The topological polar surface area (TPSA) is 73.6 Å². The van der Waals surface area contributed by atoms with Gasteiger partial charge in [0.1, 0.15) is 0 Å². The van der Waals surface area contributed by atoms with Crippen molar-refractivity contribution in [3.05, 3.63) is 69.8 Å². The summed E-state index contributed by atoms with van der Waals surface area (Å²) in [5.41, 5.74) is 3.07.